The third kappa shape index (κ3) is 2.80. The van der Waals surface area contributed by atoms with Crippen LogP contribution in [0, 0.1) is 29.5 Å². The highest BCUT2D eigenvalue weighted by molar-refractivity contribution is 6.32. The quantitative estimate of drug-likeness (QED) is 0.329. The Morgan fingerprint density at radius 3 is 2.53 bits per heavy atom. The van der Waals surface area contributed by atoms with Crippen LogP contribution in [-0.2, 0) is 25.6 Å². The zero-order chi connectivity index (χ0) is 24.7. The fraction of sp³-hybridized carbons (Fsp3) is 0.522. The van der Waals surface area contributed by atoms with Crippen LogP contribution in [0.4, 0.5) is 4.39 Å². The van der Waals surface area contributed by atoms with Crippen molar-refractivity contribution in [3.05, 3.63) is 28.6 Å². The average Bonchev–Trinajstić information content (AvgIpc) is 3.31. The topological polar surface area (TPSA) is 190 Å². The van der Waals surface area contributed by atoms with Crippen molar-refractivity contribution < 1.29 is 38.6 Å². The predicted molar refractivity (Wildman–Crippen MR) is 112 cm³/mol. The molecule has 0 spiro atoms. The maximum Gasteiger partial charge on any atom is 0.235 e. The number of aromatic hydroxyl groups is 1. The van der Waals surface area contributed by atoms with Gasteiger partial charge in [-0.15, -0.1) is 0 Å². The zero-order valence-electron chi connectivity index (χ0n) is 18.0. The molecule has 34 heavy (non-hydrogen) atoms. The summed E-state index contributed by atoms with van der Waals surface area (Å²) in [6.07, 6.45) is 1.15. The number of phenolic OH excluding ortho intramolecular Hbond substituents is 1. The van der Waals surface area contributed by atoms with Crippen LogP contribution < -0.4 is 16.8 Å². The molecule has 1 saturated heterocycles. The number of nitrogens with two attached hydrogens (primary N) is 2. The number of nitrogens with one attached hydrogen (secondary N) is 1. The number of rotatable bonds is 2. The highest BCUT2D eigenvalue weighted by Crippen LogP contribution is 2.50. The maximum atomic E-state index is 15.5. The summed E-state index contributed by atoms with van der Waals surface area (Å²) in [7, 11) is 0. The van der Waals surface area contributed by atoms with Crippen molar-refractivity contribution in [3.63, 3.8) is 0 Å². The minimum Gasteiger partial charge on any atom is -0.507 e. The number of halogens is 1. The first kappa shape index (κ1) is 22.8. The first-order valence-corrected chi connectivity index (χ1v) is 11.2. The summed E-state index contributed by atoms with van der Waals surface area (Å²) in [6, 6.07) is -0.701. The van der Waals surface area contributed by atoms with Crippen LogP contribution in [0.15, 0.2) is 6.07 Å². The highest BCUT2D eigenvalue weighted by atomic mass is 19.1. The van der Waals surface area contributed by atoms with Crippen LogP contribution in [-0.4, -0.2) is 57.4 Å². The Kier molecular flexibility index (Phi) is 5.01. The van der Waals surface area contributed by atoms with Crippen LogP contribution in [0.3, 0.4) is 0 Å². The lowest BCUT2D eigenvalue weighted by Gasteiger charge is -2.50. The molecule has 1 aromatic carbocycles. The Labute approximate surface area is 192 Å². The van der Waals surface area contributed by atoms with Gasteiger partial charge in [-0.3, -0.25) is 24.0 Å². The summed E-state index contributed by atoms with van der Waals surface area (Å²) < 4.78 is 15.5. The highest BCUT2D eigenvalue weighted by Gasteiger charge is 2.68. The minimum atomic E-state index is -2.86. The second-order valence-electron chi connectivity index (χ2n) is 9.71. The van der Waals surface area contributed by atoms with E-state index in [1.807, 2.05) is 0 Å². The summed E-state index contributed by atoms with van der Waals surface area (Å²) in [6.45, 7) is 0.687. The molecule has 0 bridgehead atoms. The van der Waals surface area contributed by atoms with Gasteiger partial charge in [-0.1, -0.05) is 0 Å². The number of carbonyl (C=O) groups excluding carboxylic acids is 5. The molecule has 1 aliphatic heterocycles. The molecule has 0 radical (unpaired) electrons. The van der Waals surface area contributed by atoms with Gasteiger partial charge in [0.2, 0.25) is 5.91 Å². The third-order valence-electron chi connectivity index (χ3n) is 7.99. The number of fused-ring (bicyclic) bond motifs is 3. The summed E-state index contributed by atoms with van der Waals surface area (Å²) >= 11 is 0. The fourth-order valence-electron chi connectivity index (χ4n) is 6.33. The van der Waals surface area contributed by atoms with E-state index in [1.165, 1.54) is 6.07 Å². The van der Waals surface area contributed by atoms with E-state index in [4.69, 9.17) is 11.5 Å². The van der Waals surface area contributed by atoms with Crippen molar-refractivity contribution >= 4 is 29.0 Å². The summed E-state index contributed by atoms with van der Waals surface area (Å²) in [4.78, 5) is 64.1. The second kappa shape index (κ2) is 7.49. The Morgan fingerprint density at radius 2 is 1.91 bits per heavy atom. The molecular formula is C23H24FN3O7. The number of hydrogen-bond acceptors (Lipinski definition) is 9. The smallest absolute Gasteiger partial charge is 0.235 e. The Hall–Kier alpha value is -3.02. The van der Waals surface area contributed by atoms with E-state index in [0.29, 0.717) is 13.0 Å². The van der Waals surface area contributed by atoms with Crippen molar-refractivity contribution in [1.29, 1.82) is 0 Å². The lowest BCUT2D eigenvalue weighted by Crippen LogP contribution is -2.73. The average molecular weight is 473 g/mol. The van der Waals surface area contributed by atoms with E-state index in [0.717, 1.165) is 6.42 Å². The second-order valence-corrected chi connectivity index (χ2v) is 9.71. The van der Waals surface area contributed by atoms with Gasteiger partial charge in [0.25, 0.3) is 0 Å². The molecular weight excluding hydrogens is 449 g/mol. The van der Waals surface area contributed by atoms with Gasteiger partial charge < -0.3 is 27.0 Å². The first-order chi connectivity index (χ1) is 16.0. The third-order valence-corrected chi connectivity index (χ3v) is 7.99. The maximum absolute atomic E-state index is 15.5. The summed E-state index contributed by atoms with van der Waals surface area (Å²) in [5, 5.41) is 25.0. The molecule has 180 valence electrons. The molecule has 3 fully saturated rings. The number of Topliss-reactive ketones (excluding diaryl/α,β-unsaturated/α-hetero) is 4. The normalized spacial score (nSPS) is 37.3. The molecule has 11 heteroatoms. The van der Waals surface area contributed by atoms with Crippen LogP contribution in [0.25, 0.3) is 0 Å². The number of benzene rings is 1. The van der Waals surface area contributed by atoms with Gasteiger partial charge in [-0.2, -0.15) is 0 Å². The molecule has 3 aliphatic carbocycles. The Bertz CT molecular complexity index is 1180. The predicted octanol–water partition coefficient (Wildman–Crippen LogP) is -1.17. The van der Waals surface area contributed by atoms with Crippen LogP contribution in [0.5, 0.6) is 5.75 Å². The van der Waals surface area contributed by atoms with Crippen LogP contribution in [0.2, 0.25) is 0 Å². The number of amides is 1. The van der Waals surface area contributed by atoms with E-state index in [1.54, 1.807) is 0 Å². The van der Waals surface area contributed by atoms with Gasteiger partial charge >= 0.3 is 0 Å². The van der Waals surface area contributed by atoms with Gasteiger partial charge in [-0.05, 0) is 44.2 Å². The van der Waals surface area contributed by atoms with E-state index >= 15 is 4.39 Å². The minimum absolute atomic E-state index is 0.0368. The summed E-state index contributed by atoms with van der Waals surface area (Å²) in [5.74, 6) is -12.9. The van der Waals surface area contributed by atoms with Crippen molar-refractivity contribution in [1.82, 2.24) is 5.32 Å². The number of phenols is 1. The van der Waals surface area contributed by atoms with Crippen molar-refractivity contribution in [2.24, 2.45) is 35.1 Å². The fourth-order valence-corrected chi connectivity index (χ4v) is 6.33. The van der Waals surface area contributed by atoms with E-state index < -0.39 is 75.9 Å². The van der Waals surface area contributed by atoms with Crippen molar-refractivity contribution in [3.8, 4) is 5.75 Å². The molecule has 10 nitrogen and oxygen atoms in total. The van der Waals surface area contributed by atoms with E-state index in [2.05, 4.69) is 5.32 Å². The number of aliphatic hydroxyl groups is 1. The Balaban J connectivity index is 1.60. The van der Waals surface area contributed by atoms with Gasteiger partial charge in [-0.25, -0.2) is 4.39 Å². The zero-order valence-corrected chi connectivity index (χ0v) is 18.0. The van der Waals surface area contributed by atoms with E-state index in [9.17, 15) is 34.2 Å². The molecule has 5 rings (SSSR count). The number of ketones is 4. The molecule has 1 aromatic rings. The number of primary amides is 1. The van der Waals surface area contributed by atoms with Crippen LogP contribution >= 0.6 is 0 Å². The number of carbonyl (C=O) groups is 5. The van der Waals surface area contributed by atoms with E-state index in [-0.39, 0.29) is 35.6 Å². The molecule has 7 unspecified atom stereocenters. The molecule has 4 aliphatic rings. The molecule has 7 atom stereocenters. The molecule has 0 aromatic heterocycles. The largest absolute Gasteiger partial charge is 0.507 e. The molecule has 1 amide bonds. The SMILES string of the molecule is NC(=O)C1C(=O)C(N)C2CC3Cc4c(F)c(C5CCCN5)cc(O)c4C(=O)C3C(=O)C2(O)C1=O. The Morgan fingerprint density at radius 1 is 1.21 bits per heavy atom. The van der Waals surface area contributed by atoms with Crippen molar-refractivity contribution in [2.75, 3.05) is 6.54 Å². The number of hydrogen-bond donors (Lipinski definition) is 5. The standard InChI is InChI=1S/C23H24FN3O7/c24-16-8(11-2-1-3-27-11)6-12(28)14-9(16)4-7-5-10-17(25)19(30)15(22(26)33)21(32)23(10,34)20(31)13(7)18(14)29/h6-7,10-11,13,15,17,27-28,34H,1-5,25H2,(H2,26,33). The van der Waals surface area contributed by atoms with Crippen LogP contribution in [0.1, 0.15) is 46.8 Å². The summed E-state index contributed by atoms with van der Waals surface area (Å²) in [5.41, 5.74) is 8.08. The monoisotopic (exact) mass is 473 g/mol. The van der Waals surface area contributed by atoms with Gasteiger partial charge in [0.15, 0.2) is 34.7 Å². The van der Waals surface area contributed by atoms with Crippen molar-refractivity contribution in [2.45, 2.75) is 43.4 Å². The van der Waals surface area contributed by atoms with Gasteiger partial charge in [0, 0.05) is 23.1 Å². The molecule has 7 N–H and O–H groups in total. The lowest BCUT2D eigenvalue weighted by atomic mass is 9.52. The van der Waals surface area contributed by atoms with Gasteiger partial charge in [0.05, 0.1) is 17.5 Å². The first-order valence-electron chi connectivity index (χ1n) is 11.2. The lowest BCUT2D eigenvalue weighted by molar-refractivity contribution is -0.177. The molecule has 2 saturated carbocycles. The molecule has 1 heterocycles. The van der Waals surface area contributed by atoms with Gasteiger partial charge in [0.1, 0.15) is 11.6 Å².